The van der Waals surface area contributed by atoms with E-state index in [1.165, 1.54) is 25.1 Å². The lowest BCUT2D eigenvalue weighted by molar-refractivity contribution is -0.126. The number of nitrogens with one attached hydrogen (secondary N) is 1. The molecule has 0 saturated heterocycles. The van der Waals surface area contributed by atoms with Crippen LogP contribution < -0.4 is 5.32 Å². The van der Waals surface area contributed by atoms with Gasteiger partial charge in [0.1, 0.15) is 23.2 Å². The number of benzene rings is 1. The lowest BCUT2D eigenvalue weighted by atomic mass is 9.96. The molecular weight excluding hydrogens is 336 g/mol. The van der Waals surface area contributed by atoms with E-state index in [-0.39, 0.29) is 22.3 Å². The van der Waals surface area contributed by atoms with Crippen molar-refractivity contribution in [3.63, 3.8) is 0 Å². The van der Waals surface area contributed by atoms with Crippen molar-refractivity contribution in [1.82, 2.24) is 5.32 Å². The minimum Gasteiger partial charge on any atom is -0.478 e. The first kappa shape index (κ1) is 16.9. The molecule has 0 radical (unpaired) electrons. The summed E-state index contributed by atoms with van der Waals surface area (Å²) in [6.45, 7) is 1.52. The first-order valence-electron chi connectivity index (χ1n) is 7.53. The summed E-state index contributed by atoms with van der Waals surface area (Å²) in [5.41, 5.74) is 1.17. The van der Waals surface area contributed by atoms with E-state index in [0.29, 0.717) is 17.1 Å². The SMILES string of the molecule is CC1=C(C#N)C(=O)NC(=O)/C1=C\c1ccc(-c2ccc(C(=O)O)cc2)o1. The number of carbonyl (C=O) groups is 3. The summed E-state index contributed by atoms with van der Waals surface area (Å²) in [7, 11) is 0. The molecule has 0 saturated carbocycles. The van der Waals surface area contributed by atoms with Crippen molar-refractivity contribution in [3.05, 3.63) is 64.4 Å². The number of hydrogen-bond donors (Lipinski definition) is 2. The summed E-state index contributed by atoms with van der Waals surface area (Å²) < 4.78 is 5.67. The summed E-state index contributed by atoms with van der Waals surface area (Å²) in [6, 6.07) is 11.3. The molecule has 1 aromatic carbocycles. The minimum atomic E-state index is -1.02. The van der Waals surface area contributed by atoms with Gasteiger partial charge in [0.2, 0.25) is 0 Å². The van der Waals surface area contributed by atoms with E-state index >= 15 is 0 Å². The first-order chi connectivity index (χ1) is 12.4. The number of amides is 2. The molecule has 26 heavy (non-hydrogen) atoms. The predicted molar refractivity (Wildman–Crippen MR) is 90.5 cm³/mol. The molecule has 0 spiro atoms. The third-order valence-corrected chi connectivity index (χ3v) is 3.92. The highest BCUT2D eigenvalue weighted by molar-refractivity contribution is 6.19. The molecule has 0 atom stereocenters. The van der Waals surface area contributed by atoms with Crippen molar-refractivity contribution in [2.45, 2.75) is 6.92 Å². The summed E-state index contributed by atoms with van der Waals surface area (Å²) in [4.78, 5) is 34.5. The van der Waals surface area contributed by atoms with Crippen LogP contribution in [0.15, 0.2) is 57.5 Å². The van der Waals surface area contributed by atoms with Crippen LogP contribution in [0.2, 0.25) is 0 Å². The third-order valence-electron chi connectivity index (χ3n) is 3.92. The fourth-order valence-corrected chi connectivity index (χ4v) is 2.52. The largest absolute Gasteiger partial charge is 0.478 e. The molecule has 128 valence electrons. The Morgan fingerprint density at radius 2 is 1.85 bits per heavy atom. The van der Waals surface area contributed by atoms with Crippen LogP contribution in [0.3, 0.4) is 0 Å². The Morgan fingerprint density at radius 1 is 1.15 bits per heavy atom. The highest BCUT2D eigenvalue weighted by Crippen LogP contribution is 2.26. The maximum atomic E-state index is 12.0. The molecule has 1 aliphatic rings. The Kier molecular flexibility index (Phi) is 4.25. The van der Waals surface area contributed by atoms with Gasteiger partial charge < -0.3 is 9.52 Å². The van der Waals surface area contributed by atoms with Crippen LogP contribution >= 0.6 is 0 Å². The number of furan rings is 1. The second-order valence-corrected chi connectivity index (χ2v) is 5.54. The second-order valence-electron chi connectivity index (χ2n) is 5.54. The van der Waals surface area contributed by atoms with E-state index < -0.39 is 17.8 Å². The maximum Gasteiger partial charge on any atom is 0.335 e. The summed E-state index contributed by atoms with van der Waals surface area (Å²) in [6.07, 6.45) is 1.45. The normalized spacial score (nSPS) is 15.8. The van der Waals surface area contributed by atoms with E-state index in [0.717, 1.165) is 0 Å². The topological polar surface area (TPSA) is 120 Å². The van der Waals surface area contributed by atoms with E-state index in [9.17, 15) is 14.4 Å². The zero-order chi connectivity index (χ0) is 18.8. The monoisotopic (exact) mass is 348 g/mol. The van der Waals surface area contributed by atoms with Crippen LogP contribution in [0, 0.1) is 11.3 Å². The van der Waals surface area contributed by atoms with E-state index in [1.54, 1.807) is 30.3 Å². The van der Waals surface area contributed by atoms with Gasteiger partial charge in [0.15, 0.2) is 0 Å². The number of rotatable bonds is 3. The standard InChI is InChI=1S/C19H12N2O5/c1-10-14(17(22)21-18(23)15(10)9-20)8-13-6-7-16(26-13)11-2-4-12(5-3-11)19(24)25/h2-8H,1H3,(H,24,25)(H,21,22,23)/b14-8-. The fraction of sp³-hybridized carbons (Fsp3) is 0.0526. The highest BCUT2D eigenvalue weighted by Gasteiger charge is 2.27. The molecule has 2 amide bonds. The predicted octanol–water partition coefficient (Wildman–Crippen LogP) is 2.52. The van der Waals surface area contributed by atoms with Crippen molar-refractivity contribution in [2.75, 3.05) is 0 Å². The molecule has 0 bridgehead atoms. The van der Waals surface area contributed by atoms with Gasteiger partial charge in [-0.3, -0.25) is 14.9 Å². The fourth-order valence-electron chi connectivity index (χ4n) is 2.52. The number of nitrogens with zero attached hydrogens (tertiary/aromatic N) is 1. The molecule has 0 unspecified atom stereocenters. The average molecular weight is 348 g/mol. The Morgan fingerprint density at radius 3 is 2.46 bits per heavy atom. The van der Waals surface area contributed by atoms with Gasteiger partial charge in [0.05, 0.1) is 5.56 Å². The zero-order valence-corrected chi connectivity index (χ0v) is 13.6. The van der Waals surface area contributed by atoms with Gasteiger partial charge in [0, 0.05) is 11.1 Å². The molecule has 0 aliphatic carbocycles. The van der Waals surface area contributed by atoms with Crippen LogP contribution in [0.25, 0.3) is 17.4 Å². The van der Waals surface area contributed by atoms with Crippen LogP contribution in [-0.2, 0) is 9.59 Å². The van der Waals surface area contributed by atoms with E-state index in [2.05, 4.69) is 5.32 Å². The second kappa shape index (κ2) is 6.53. The number of hydrogen-bond acceptors (Lipinski definition) is 5. The van der Waals surface area contributed by atoms with Gasteiger partial charge in [-0.05, 0) is 42.8 Å². The van der Waals surface area contributed by atoms with Crippen LogP contribution in [-0.4, -0.2) is 22.9 Å². The van der Waals surface area contributed by atoms with Gasteiger partial charge in [-0.25, -0.2) is 4.79 Å². The van der Waals surface area contributed by atoms with Gasteiger partial charge in [-0.15, -0.1) is 0 Å². The van der Waals surface area contributed by atoms with Gasteiger partial charge in [-0.1, -0.05) is 12.1 Å². The smallest absolute Gasteiger partial charge is 0.335 e. The van der Waals surface area contributed by atoms with E-state index in [1.807, 2.05) is 0 Å². The summed E-state index contributed by atoms with van der Waals surface area (Å²) in [5.74, 6) is -1.49. The van der Waals surface area contributed by atoms with Crippen molar-refractivity contribution in [2.24, 2.45) is 0 Å². The number of carboxylic acid groups (broad SMARTS) is 1. The molecule has 7 nitrogen and oxygen atoms in total. The molecular formula is C19H12N2O5. The van der Waals surface area contributed by atoms with Crippen molar-refractivity contribution < 1.29 is 23.9 Å². The summed E-state index contributed by atoms with van der Waals surface area (Å²) >= 11 is 0. The Labute approximate surface area is 147 Å². The van der Waals surface area contributed by atoms with Gasteiger partial charge in [-0.2, -0.15) is 5.26 Å². The van der Waals surface area contributed by atoms with Crippen molar-refractivity contribution in [3.8, 4) is 17.4 Å². The van der Waals surface area contributed by atoms with Crippen molar-refractivity contribution >= 4 is 23.9 Å². The zero-order valence-electron chi connectivity index (χ0n) is 13.6. The Bertz CT molecular complexity index is 1030. The van der Waals surface area contributed by atoms with Crippen molar-refractivity contribution in [1.29, 1.82) is 5.26 Å². The number of imide groups is 1. The Hall–Kier alpha value is -3.92. The molecule has 1 aromatic heterocycles. The van der Waals surface area contributed by atoms with Crippen LogP contribution in [0.4, 0.5) is 0 Å². The quantitative estimate of drug-likeness (QED) is 0.649. The number of aromatic carboxylic acids is 1. The van der Waals surface area contributed by atoms with Crippen LogP contribution in [0.5, 0.6) is 0 Å². The van der Waals surface area contributed by atoms with E-state index in [4.69, 9.17) is 14.8 Å². The number of carbonyl (C=O) groups excluding carboxylic acids is 2. The average Bonchev–Trinajstić information content (AvgIpc) is 3.07. The minimum absolute atomic E-state index is 0.119. The molecule has 0 fully saturated rings. The van der Waals surface area contributed by atoms with Gasteiger partial charge >= 0.3 is 5.97 Å². The maximum absolute atomic E-state index is 12.0. The number of nitriles is 1. The summed E-state index contributed by atoms with van der Waals surface area (Å²) in [5, 5.41) is 20.1. The molecule has 1 aliphatic heterocycles. The molecule has 2 N–H and O–H groups in total. The lowest BCUT2D eigenvalue weighted by Crippen LogP contribution is -2.37. The molecule has 7 heteroatoms. The van der Waals surface area contributed by atoms with Gasteiger partial charge in [0.25, 0.3) is 11.8 Å². The highest BCUT2D eigenvalue weighted by atomic mass is 16.4. The van der Waals surface area contributed by atoms with Crippen LogP contribution in [0.1, 0.15) is 23.0 Å². The molecule has 2 aromatic rings. The third kappa shape index (κ3) is 3.03. The molecule has 3 rings (SSSR count). The first-order valence-corrected chi connectivity index (χ1v) is 7.53. The Balaban J connectivity index is 1.95. The molecule has 2 heterocycles. The number of carboxylic acids is 1. The lowest BCUT2D eigenvalue weighted by Gasteiger charge is -2.15.